The highest BCUT2D eigenvalue weighted by Gasteiger charge is 2.31. The van der Waals surface area contributed by atoms with E-state index in [1.165, 1.54) is 17.3 Å². The number of hydrogen-bond acceptors (Lipinski definition) is 5. The molecule has 27 heavy (non-hydrogen) atoms. The van der Waals surface area contributed by atoms with Crippen molar-refractivity contribution in [1.82, 2.24) is 4.90 Å². The van der Waals surface area contributed by atoms with Crippen LogP contribution in [0.5, 0.6) is 11.5 Å². The van der Waals surface area contributed by atoms with Gasteiger partial charge in [0.25, 0.3) is 5.91 Å². The number of thioether (sulfide) groups is 1. The fourth-order valence-corrected chi connectivity index (χ4v) is 4.17. The number of benzene rings is 2. The Morgan fingerprint density at radius 1 is 1.11 bits per heavy atom. The molecule has 0 aliphatic carbocycles. The van der Waals surface area contributed by atoms with E-state index in [4.69, 9.17) is 21.7 Å². The summed E-state index contributed by atoms with van der Waals surface area (Å²) >= 11 is 6.75. The lowest BCUT2D eigenvalue weighted by atomic mass is 10.1. The van der Waals surface area contributed by atoms with Gasteiger partial charge in [-0.3, -0.25) is 9.69 Å². The predicted octanol–water partition coefficient (Wildman–Crippen LogP) is 4.54. The van der Waals surface area contributed by atoms with Crippen molar-refractivity contribution in [2.75, 3.05) is 20.8 Å². The predicted molar refractivity (Wildman–Crippen MR) is 114 cm³/mol. The number of carbonyl (C=O) groups excluding carboxylic acids is 1. The lowest BCUT2D eigenvalue weighted by Gasteiger charge is -2.14. The van der Waals surface area contributed by atoms with Crippen molar-refractivity contribution >= 4 is 40.3 Å². The highest BCUT2D eigenvalue weighted by Crippen LogP contribution is 2.35. The maximum absolute atomic E-state index is 12.8. The van der Waals surface area contributed by atoms with Crippen LogP contribution in [-0.4, -0.2) is 35.9 Å². The fraction of sp³-hybridized carbons (Fsp3) is 0.238. The van der Waals surface area contributed by atoms with Crippen LogP contribution in [0, 0.1) is 0 Å². The molecule has 1 amide bonds. The molecule has 0 radical (unpaired) electrons. The molecule has 0 spiro atoms. The van der Waals surface area contributed by atoms with Gasteiger partial charge in [0.15, 0.2) is 0 Å². The SMILES string of the molecule is COc1ccc(OC)c(/C=C2\SC(=S)N(CCCc3ccccc3)C2=O)c1. The Balaban J connectivity index is 1.71. The molecule has 140 valence electrons. The minimum atomic E-state index is -0.0528. The Bertz CT molecular complexity index is 865. The van der Waals surface area contributed by atoms with Crippen molar-refractivity contribution in [2.24, 2.45) is 0 Å². The van der Waals surface area contributed by atoms with E-state index in [9.17, 15) is 4.79 Å². The Morgan fingerprint density at radius 3 is 2.59 bits per heavy atom. The molecule has 1 aliphatic rings. The molecule has 0 atom stereocenters. The largest absolute Gasteiger partial charge is 0.497 e. The second-order valence-corrected chi connectivity index (χ2v) is 7.71. The second kappa shape index (κ2) is 9.06. The van der Waals surface area contributed by atoms with E-state index < -0.39 is 0 Å². The van der Waals surface area contributed by atoms with Gasteiger partial charge in [0.1, 0.15) is 15.8 Å². The Kier molecular flexibility index (Phi) is 6.53. The molecular formula is C21H21NO3S2. The van der Waals surface area contributed by atoms with Crippen LogP contribution in [0.3, 0.4) is 0 Å². The summed E-state index contributed by atoms with van der Waals surface area (Å²) in [4.78, 5) is 15.1. The molecule has 0 saturated carbocycles. The Labute approximate surface area is 169 Å². The molecule has 0 bridgehead atoms. The molecule has 2 aromatic carbocycles. The van der Waals surface area contributed by atoms with Gasteiger partial charge in [0.2, 0.25) is 0 Å². The molecule has 0 N–H and O–H groups in total. The zero-order valence-electron chi connectivity index (χ0n) is 15.3. The first-order valence-electron chi connectivity index (χ1n) is 8.63. The first-order chi connectivity index (χ1) is 13.1. The standard InChI is InChI=1S/C21H21NO3S2/c1-24-17-10-11-18(25-2)16(13-17)14-19-20(23)22(21(26)27-19)12-6-9-15-7-4-3-5-8-15/h3-5,7-8,10-11,13-14H,6,9,12H2,1-2H3/b19-14-. The van der Waals surface area contributed by atoms with Crippen LogP contribution in [0.4, 0.5) is 0 Å². The van der Waals surface area contributed by atoms with Gasteiger partial charge in [-0.05, 0) is 42.7 Å². The second-order valence-electron chi connectivity index (χ2n) is 6.03. The number of thiocarbonyl (C=S) groups is 1. The van der Waals surface area contributed by atoms with E-state index in [-0.39, 0.29) is 5.91 Å². The fourth-order valence-electron chi connectivity index (χ4n) is 2.87. The number of methoxy groups -OCH3 is 2. The number of hydrogen-bond donors (Lipinski definition) is 0. The molecule has 2 aromatic rings. The van der Waals surface area contributed by atoms with Gasteiger partial charge in [-0.25, -0.2) is 0 Å². The summed E-state index contributed by atoms with van der Waals surface area (Å²) in [5.41, 5.74) is 2.06. The molecule has 1 heterocycles. The molecule has 1 aliphatic heterocycles. The van der Waals surface area contributed by atoms with Gasteiger partial charge >= 0.3 is 0 Å². The molecule has 0 unspecified atom stereocenters. The van der Waals surface area contributed by atoms with Gasteiger partial charge < -0.3 is 9.47 Å². The first-order valence-corrected chi connectivity index (χ1v) is 9.86. The summed E-state index contributed by atoms with van der Waals surface area (Å²) in [6, 6.07) is 15.7. The number of amides is 1. The molecular weight excluding hydrogens is 378 g/mol. The van der Waals surface area contributed by atoms with Crippen molar-refractivity contribution in [3.63, 3.8) is 0 Å². The maximum Gasteiger partial charge on any atom is 0.266 e. The number of aryl methyl sites for hydroxylation is 1. The van der Waals surface area contributed by atoms with Crippen LogP contribution < -0.4 is 9.47 Å². The van der Waals surface area contributed by atoms with E-state index in [0.717, 1.165) is 18.4 Å². The summed E-state index contributed by atoms with van der Waals surface area (Å²) < 4.78 is 11.3. The summed E-state index contributed by atoms with van der Waals surface area (Å²) in [6.45, 7) is 0.617. The van der Waals surface area contributed by atoms with Crippen LogP contribution in [0.2, 0.25) is 0 Å². The average Bonchev–Trinajstić information content (AvgIpc) is 2.96. The van der Waals surface area contributed by atoms with Crippen molar-refractivity contribution in [3.8, 4) is 11.5 Å². The lowest BCUT2D eigenvalue weighted by molar-refractivity contribution is -0.122. The van der Waals surface area contributed by atoms with Gasteiger partial charge in [0.05, 0.1) is 19.1 Å². The molecule has 0 aromatic heterocycles. The Morgan fingerprint density at radius 2 is 1.89 bits per heavy atom. The van der Waals surface area contributed by atoms with Gasteiger partial charge in [0, 0.05) is 12.1 Å². The summed E-state index contributed by atoms with van der Waals surface area (Å²) in [6.07, 6.45) is 3.60. The van der Waals surface area contributed by atoms with Crippen LogP contribution in [0.1, 0.15) is 17.5 Å². The minimum absolute atomic E-state index is 0.0528. The monoisotopic (exact) mass is 399 g/mol. The highest BCUT2D eigenvalue weighted by molar-refractivity contribution is 8.26. The lowest BCUT2D eigenvalue weighted by Crippen LogP contribution is -2.29. The van der Waals surface area contributed by atoms with Crippen molar-refractivity contribution in [1.29, 1.82) is 0 Å². The smallest absolute Gasteiger partial charge is 0.266 e. The van der Waals surface area contributed by atoms with Crippen LogP contribution in [0.25, 0.3) is 6.08 Å². The van der Waals surface area contributed by atoms with Crippen LogP contribution in [0.15, 0.2) is 53.4 Å². The zero-order chi connectivity index (χ0) is 19.2. The third-order valence-electron chi connectivity index (χ3n) is 4.29. The van der Waals surface area contributed by atoms with Crippen molar-refractivity contribution in [2.45, 2.75) is 12.8 Å². The third kappa shape index (κ3) is 4.70. The third-order valence-corrected chi connectivity index (χ3v) is 5.66. The maximum atomic E-state index is 12.8. The molecule has 6 heteroatoms. The number of nitrogens with zero attached hydrogens (tertiary/aromatic N) is 1. The van der Waals surface area contributed by atoms with E-state index in [1.807, 2.05) is 42.5 Å². The first kappa shape index (κ1) is 19.5. The van der Waals surface area contributed by atoms with Crippen LogP contribution in [-0.2, 0) is 11.2 Å². The van der Waals surface area contributed by atoms with E-state index in [2.05, 4.69) is 12.1 Å². The van der Waals surface area contributed by atoms with Crippen molar-refractivity contribution < 1.29 is 14.3 Å². The van der Waals surface area contributed by atoms with Gasteiger partial charge in [-0.15, -0.1) is 0 Å². The Hall–Kier alpha value is -2.31. The molecule has 1 fully saturated rings. The quantitative estimate of drug-likeness (QED) is 0.505. The molecule has 4 nitrogen and oxygen atoms in total. The summed E-state index contributed by atoms with van der Waals surface area (Å²) in [5.74, 6) is 1.34. The number of ether oxygens (including phenoxy) is 2. The van der Waals surface area contributed by atoms with E-state index >= 15 is 0 Å². The van der Waals surface area contributed by atoms with Crippen LogP contribution >= 0.6 is 24.0 Å². The highest BCUT2D eigenvalue weighted by atomic mass is 32.2. The van der Waals surface area contributed by atoms with E-state index in [1.54, 1.807) is 19.1 Å². The normalized spacial score (nSPS) is 15.5. The average molecular weight is 400 g/mol. The van der Waals surface area contributed by atoms with Gasteiger partial charge in [-0.1, -0.05) is 54.3 Å². The number of rotatable bonds is 7. The van der Waals surface area contributed by atoms with Gasteiger partial charge in [-0.2, -0.15) is 0 Å². The zero-order valence-corrected chi connectivity index (χ0v) is 16.9. The minimum Gasteiger partial charge on any atom is -0.497 e. The van der Waals surface area contributed by atoms with E-state index in [0.29, 0.717) is 27.3 Å². The number of carbonyl (C=O) groups is 1. The molecule has 1 saturated heterocycles. The summed E-state index contributed by atoms with van der Waals surface area (Å²) in [5, 5.41) is 0. The van der Waals surface area contributed by atoms with Crippen molar-refractivity contribution in [3.05, 3.63) is 64.6 Å². The molecule has 3 rings (SSSR count). The summed E-state index contributed by atoms with van der Waals surface area (Å²) in [7, 11) is 3.21. The topological polar surface area (TPSA) is 38.8 Å².